The predicted molar refractivity (Wildman–Crippen MR) is 124 cm³/mol. The molecule has 7 heteroatoms. The van der Waals surface area contributed by atoms with Crippen molar-refractivity contribution in [3.63, 3.8) is 0 Å². The van der Waals surface area contributed by atoms with Crippen LogP contribution in [-0.4, -0.2) is 42.1 Å². The summed E-state index contributed by atoms with van der Waals surface area (Å²) in [6.07, 6.45) is 1.47. The van der Waals surface area contributed by atoms with Crippen molar-refractivity contribution < 1.29 is 19.0 Å². The molecule has 0 radical (unpaired) electrons. The summed E-state index contributed by atoms with van der Waals surface area (Å²) in [7, 11) is 1.62. The zero-order chi connectivity index (χ0) is 22.6. The molecular formula is C26H23N3O4. The minimum atomic E-state index is -0.280. The van der Waals surface area contributed by atoms with E-state index in [9.17, 15) is 4.79 Å². The fraction of sp³-hybridized carbons (Fsp3) is 0.154. The van der Waals surface area contributed by atoms with Gasteiger partial charge in [0.2, 0.25) is 0 Å². The number of fused-ring (bicyclic) bond motifs is 1. The van der Waals surface area contributed by atoms with E-state index in [-0.39, 0.29) is 12.0 Å². The van der Waals surface area contributed by atoms with Gasteiger partial charge in [-0.3, -0.25) is 4.79 Å². The Labute approximate surface area is 191 Å². The molecule has 1 aliphatic rings. The molecule has 0 spiro atoms. The zero-order valence-electron chi connectivity index (χ0n) is 18.1. The van der Waals surface area contributed by atoms with E-state index in [1.54, 1.807) is 18.0 Å². The number of amides is 1. The van der Waals surface area contributed by atoms with Crippen LogP contribution in [0.1, 0.15) is 10.4 Å². The standard InChI is InChI=1S/C26H23N3O4/c1-31-20-13-11-18(12-14-20)25-22(16-29(28-25)19-7-3-2-4-8-19)26(30)27-15-21-17-32-23-9-5-6-10-24(23)33-21/h2-14,16,21H,15,17H2,1H3,(H,27,30)/t21-/m0/s1. The van der Waals surface area contributed by atoms with Crippen molar-refractivity contribution in [3.8, 4) is 34.2 Å². The summed E-state index contributed by atoms with van der Waals surface area (Å²) in [4.78, 5) is 13.2. The molecule has 0 saturated heterocycles. The van der Waals surface area contributed by atoms with Crippen LogP contribution in [0.3, 0.4) is 0 Å². The Morgan fingerprint density at radius 1 is 1.03 bits per heavy atom. The van der Waals surface area contributed by atoms with Gasteiger partial charge in [-0.1, -0.05) is 30.3 Å². The summed E-state index contributed by atoms with van der Waals surface area (Å²) >= 11 is 0. The van der Waals surface area contributed by atoms with Crippen molar-refractivity contribution >= 4 is 5.91 Å². The number of rotatable bonds is 6. The van der Waals surface area contributed by atoms with Crippen LogP contribution in [0.15, 0.2) is 85.1 Å². The second kappa shape index (κ2) is 9.08. The van der Waals surface area contributed by atoms with Gasteiger partial charge in [-0.05, 0) is 48.5 Å². The third kappa shape index (κ3) is 4.39. The number of hydrogen-bond donors (Lipinski definition) is 1. The van der Waals surface area contributed by atoms with Gasteiger partial charge in [-0.15, -0.1) is 0 Å². The average Bonchev–Trinajstić information content (AvgIpc) is 3.33. The summed E-state index contributed by atoms with van der Waals surface area (Å²) in [6, 6.07) is 24.7. The van der Waals surface area contributed by atoms with Crippen LogP contribution in [0.4, 0.5) is 0 Å². The highest BCUT2D eigenvalue weighted by Crippen LogP contribution is 2.31. The Morgan fingerprint density at radius 3 is 2.52 bits per heavy atom. The van der Waals surface area contributed by atoms with Crippen LogP contribution in [0, 0.1) is 0 Å². The van der Waals surface area contributed by atoms with Gasteiger partial charge < -0.3 is 19.5 Å². The SMILES string of the molecule is COc1ccc(-c2nn(-c3ccccc3)cc2C(=O)NC[C@H]2COc3ccccc3O2)cc1. The lowest BCUT2D eigenvalue weighted by Gasteiger charge is -2.26. The van der Waals surface area contributed by atoms with Gasteiger partial charge in [0.05, 0.1) is 24.9 Å². The van der Waals surface area contributed by atoms with Gasteiger partial charge in [0, 0.05) is 11.8 Å². The zero-order valence-corrected chi connectivity index (χ0v) is 18.1. The van der Waals surface area contributed by atoms with Crippen molar-refractivity contribution in [2.45, 2.75) is 6.10 Å². The topological polar surface area (TPSA) is 74.6 Å². The van der Waals surface area contributed by atoms with Crippen LogP contribution >= 0.6 is 0 Å². The van der Waals surface area contributed by atoms with Crippen LogP contribution in [0.2, 0.25) is 0 Å². The second-order valence-electron chi connectivity index (χ2n) is 7.61. The molecule has 0 bridgehead atoms. The third-order valence-electron chi connectivity index (χ3n) is 5.40. The van der Waals surface area contributed by atoms with E-state index in [1.807, 2.05) is 78.9 Å². The number of carbonyl (C=O) groups is 1. The first kappa shape index (κ1) is 20.6. The maximum absolute atomic E-state index is 13.2. The summed E-state index contributed by atoms with van der Waals surface area (Å²) in [5, 5.41) is 7.69. The number of methoxy groups -OCH3 is 1. The molecule has 166 valence electrons. The fourth-order valence-corrected chi connectivity index (χ4v) is 3.68. The minimum absolute atomic E-state index is 0.231. The van der Waals surface area contributed by atoms with E-state index in [0.717, 1.165) is 17.0 Å². The van der Waals surface area contributed by atoms with Gasteiger partial charge >= 0.3 is 0 Å². The number of benzene rings is 3. The lowest BCUT2D eigenvalue weighted by molar-refractivity contribution is 0.0789. The van der Waals surface area contributed by atoms with Crippen LogP contribution in [-0.2, 0) is 0 Å². The molecule has 1 aliphatic heterocycles. The van der Waals surface area contributed by atoms with Gasteiger partial charge in [-0.25, -0.2) is 4.68 Å². The Balaban J connectivity index is 1.38. The first-order valence-corrected chi connectivity index (χ1v) is 10.7. The summed E-state index contributed by atoms with van der Waals surface area (Å²) in [5.41, 5.74) is 2.75. The molecule has 7 nitrogen and oxygen atoms in total. The maximum atomic E-state index is 13.2. The van der Waals surface area contributed by atoms with E-state index >= 15 is 0 Å². The first-order chi connectivity index (χ1) is 16.2. The number of nitrogens with one attached hydrogen (secondary N) is 1. The fourth-order valence-electron chi connectivity index (χ4n) is 3.68. The highest BCUT2D eigenvalue weighted by Gasteiger charge is 2.23. The maximum Gasteiger partial charge on any atom is 0.255 e. The van der Waals surface area contributed by atoms with Crippen LogP contribution in [0.25, 0.3) is 16.9 Å². The quantitative estimate of drug-likeness (QED) is 0.487. The molecule has 1 amide bonds. The number of nitrogens with zero attached hydrogens (tertiary/aromatic N) is 2. The summed E-state index contributed by atoms with van der Waals surface area (Å²) in [6.45, 7) is 0.678. The minimum Gasteiger partial charge on any atom is -0.497 e. The van der Waals surface area contributed by atoms with Gasteiger partial charge in [0.25, 0.3) is 5.91 Å². The molecule has 0 fully saturated rings. The van der Waals surface area contributed by atoms with Crippen molar-refractivity contribution in [1.82, 2.24) is 15.1 Å². The van der Waals surface area contributed by atoms with Crippen molar-refractivity contribution in [2.24, 2.45) is 0 Å². The van der Waals surface area contributed by atoms with Crippen LogP contribution in [0.5, 0.6) is 17.2 Å². The molecule has 0 saturated carbocycles. The summed E-state index contributed by atoms with van der Waals surface area (Å²) in [5.74, 6) is 1.90. The molecule has 1 aromatic heterocycles. The molecule has 1 atom stereocenters. The summed E-state index contributed by atoms with van der Waals surface area (Å²) < 4.78 is 18.7. The van der Waals surface area contributed by atoms with Gasteiger partial charge in [0.1, 0.15) is 24.2 Å². The van der Waals surface area contributed by atoms with Gasteiger partial charge in [-0.2, -0.15) is 5.10 Å². The van der Waals surface area contributed by atoms with E-state index in [1.165, 1.54) is 0 Å². The molecule has 2 heterocycles. The van der Waals surface area contributed by atoms with Crippen molar-refractivity contribution in [2.75, 3.05) is 20.3 Å². The molecule has 0 aliphatic carbocycles. The van der Waals surface area contributed by atoms with E-state index in [0.29, 0.717) is 35.9 Å². The monoisotopic (exact) mass is 441 g/mol. The Morgan fingerprint density at radius 2 is 1.76 bits per heavy atom. The number of carbonyl (C=O) groups excluding carboxylic acids is 1. The number of ether oxygens (including phenoxy) is 3. The molecule has 5 rings (SSSR count). The molecular weight excluding hydrogens is 418 g/mol. The molecule has 4 aromatic rings. The van der Waals surface area contributed by atoms with E-state index < -0.39 is 0 Å². The third-order valence-corrected chi connectivity index (χ3v) is 5.40. The average molecular weight is 441 g/mol. The van der Waals surface area contributed by atoms with Crippen molar-refractivity contribution in [3.05, 3.63) is 90.6 Å². The second-order valence-corrected chi connectivity index (χ2v) is 7.61. The number of aromatic nitrogens is 2. The smallest absolute Gasteiger partial charge is 0.255 e. The lowest BCUT2D eigenvalue weighted by Crippen LogP contribution is -2.40. The van der Waals surface area contributed by atoms with Gasteiger partial charge in [0.15, 0.2) is 11.5 Å². The molecule has 3 aromatic carbocycles. The van der Waals surface area contributed by atoms with E-state index in [2.05, 4.69) is 5.32 Å². The number of hydrogen-bond acceptors (Lipinski definition) is 5. The number of para-hydroxylation sites is 3. The van der Waals surface area contributed by atoms with Crippen LogP contribution < -0.4 is 19.5 Å². The van der Waals surface area contributed by atoms with E-state index in [4.69, 9.17) is 19.3 Å². The molecule has 0 unspecified atom stereocenters. The Kier molecular flexibility index (Phi) is 5.68. The molecule has 1 N–H and O–H groups in total. The highest BCUT2D eigenvalue weighted by atomic mass is 16.6. The highest BCUT2D eigenvalue weighted by molar-refractivity contribution is 6.00. The largest absolute Gasteiger partial charge is 0.497 e. The van der Waals surface area contributed by atoms with Crippen molar-refractivity contribution in [1.29, 1.82) is 0 Å². The Hall–Kier alpha value is -4.26. The lowest BCUT2D eigenvalue weighted by atomic mass is 10.1. The Bertz CT molecular complexity index is 1250. The molecule has 33 heavy (non-hydrogen) atoms. The first-order valence-electron chi connectivity index (χ1n) is 10.7. The predicted octanol–water partition coefficient (Wildman–Crippen LogP) is 4.12. The normalized spacial score (nSPS) is 14.5.